The summed E-state index contributed by atoms with van der Waals surface area (Å²) >= 11 is 1.50. The van der Waals surface area contributed by atoms with Gasteiger partial charge in [-0.25, -0.2) is 9.97 Å². The molecule has 3 heterocycles. The third kappa shape index (κ3) is 4.30. The van der Waals surface area contributed by atoms with Gasteiger partial charge in [0.1, 0.15) is 23.5 Å². The fourth-order valence-corrected chi connectivity index (χ4v) is 3.78. The zero-order valence-electron chi connectivity index (χ0n) is 16.1. The molecular formula is C20H20N6O3S. The fraction of sp³-hybridized carbons (Fsp3) is 0.200. The van der Waals surface area contributed by atoms with Crippen molar-refractivity contribution in [3.63, 3.8) is 0 Å². The van der Waals surface area contributed by atoms with Gasteiger partial charge in [0.05, 0.1) is 22.5 Å². The number of nitrogens with zero attached hydrogens (tertiary/aromatic N) is 4. The summed E-state index contributed by atoms with van der Waals surface area (Å²) in [6.45, 7) is -0.0845. The Bertz CT molecular complexity index is 1190. The molecule has 3 aromatic heterocycles. The number of thiazole rings is 1. The molecular weight excluding hydrogens is 404 g/mol. The number of imidazole rings is 1. The molecule has 0 saturated heterocycles. The molecule has 154 valence electrons. The summed E-state index contributed by atoms with van der Waals surface area (Å²) in [5.41, 5.74) is 7.69. The smallest absolute Gasteiger partial charge is 0.269 e. The molecule has 1 atom stereocenters. The number of hydrogen-bond donors (Lipinski definition) is 3. The third-order valence-electron chi connectivity index (χ3n) is 4.34. The van der Waals surface area contributed by atoms with Crippen LogP contribution in [0.3, 0.4) is 0 Å². The Kier molecular flexibility index (Phi) is 5.70. The van der Waals surface area contributed by atoms with E-state index in [1.807, 2.05) is 29.0 Å². The molecule has 4 N–H and O–H groups in total. The standard InChI is InChI=1S/C20H20N6O3S/c1-22-19(28)17-7-15(4-5-23-17)29-14-2-3-16-18(8-14)30-20(25-16)26-9-13(24-11-26)6-12(21)10-27/h2-5,7-9,11-12,27H,6,10,21H2,1H3,(H,22,28)/t12-/m1/s1. The average molecular weight is 424 g/mol. The lowest BCUT2D eigenvalue weighted by atomic mass is 10.2. The maximum absolute atomic E-state index is 11.7. The largest absolute Gasteiger partial charge is 0.457 e. The summed E-state index contributed by atoms with van der Waals surface area (Å²) in [6.07, 6.45) is 5.58. The van der Waals surface area contributed by atoms with Crippen LogP contribution in [0.5, 0.6) is 11.5 Å². The van der Waals surface area contributed by atoms with E-state index in [2.05, 4.69) is 20.3 Å². The second-order valence-corrected chi connectivity index (χ2v) is 7.61. The summed E-state index contributed by atoms with van der Waals surface area (Å²) < 4.78 is 8.69. The Hall–Kier alpha value is -3.34. The number of aliphatic hydroxyl groups is 1. The molecule has 0 aliphatic carbocycles. The zero-order chi connectivity index (χ0) is 21.1. The van der Waals surface area contributed by atoms with Gasteiger partial charge in [-0.05, 0) is 18.2 Å². The quantitative estimate of drug-likeness (QED) is 0.413. The topological polar surface area (TPSA) is 128 Å². The van der Waals surface area contributed by atoms with Gasteiger partial charge in [-0.15, -0.1) is 0 Å². The van der Waals surface area contributed by atoms with Crippen molar-refractivity contribution in [2.45, 2.75) is 12.5 Å². The summed E-state index contributed by atoms with van der Waals surface area (Å²) in [4.78, 5) is 24.7. The molecule has 0 bridgehead atoms. The predicted molar refractivity (Wildman–Crippen MR) is 113 cm³/mol. The second kappa shape index (κ2) is 8.57. The number of nitrogens with one attached hydrogen (secondary N) is 1. The van der Waals surface area contributed by atoms with Gasteiger partial charge in [-0.3, -0.25) is 14.3 Å². The summed E-state index contributed by atoms with van der Waals surface area (Å²) in [5.74, 6) is 0.877. The third-order valence-corrected chi connectivity index (χ3v) is 5.37. The maximum Gasteiger partial charge on any atom is 0.269 e. The Balaban J connectivity index is 1.55. The Labute approximate surface area is 176 Å². The highest BCUT2D eigenvalue weighted by atomic mass is 32.1. The zero-order valence-corrected chi connectivity index (χ0v) is 17.0. The summed E-state index contributed by atoms with van der Waals surface area (Å²) in [6, 6.07) is 8.55. The van der Waals surface area contributed by atoms with Crippen LogP contribution in [0.25, 0.3) is 15.3 Å². The number of fused-ring (bicyclic) bond motifs is 1. The molecule has 1 amide bonds. The number of carbonyl (C=O) groups is 1. The lowest BCUT2D eigenvalue weighted by Crippen LogP contribution is -2.26. The van der Waals surface area contributed by atoms with E-state index in [1.54, 1.807) is 25.5 Å². The van der Waals surface area contributed by atoms with E-state index < -0.39 is 0 Å². The van der Waals surface area contributed by atoms with Crippen LogP contribution in [0.2, 0.25) is 0 Å². The van der Waals surface area contributed by atoms with Gasteiger partial charge in [0.2, 0.25) is 0 Å². The first-order valence-corrected chi connectivity index (χ1v) is 10.0. The van der Waals surface area contributed by atoms with Crippen LogP contribution in [-0.2, 0) is 6.42 Å². The van der Waals surface area contributed by atoms with Crippen molar-refractivity contribution in [2.75, 3.05) is 13.7 Å². The highest BCUT2D eigenvalue weighted by molar-refractivity contribution is 7.20. The number of aliphatic hydroxyl groups excluding tert-OH is 1. The maximum atomic E-state index is 11.7. The van der Waals surface area contributed by atoms with Crippen molar-refractivity contribution in [2.24, 2.45) is 5.73 Å². The predicted octanol–water partition coefficient (Wildman–Crippen LogP) is 1.89. The van der Waals surface area contributed by atoms with Crippen LogP contribution < -0.4 is 15.8 Å². The highest BCUT2D eigenvalue weighted by Gasteiger charge is 2.11. The van der Waals surface area contributed by atoms with Gasteiger partial charge in [0, 0.05) is 44.0 Å². The van der Waals surface area contributed by atoms with E-state index in [-0.39, 0.29) is 24.2 Å². The van der Waals surface area contributed by atoms with Gasteiger partial charge in [-0.2, -0.15) is 0 Å². The van der Waals surface area contributed by atoms with Crippen molar-refractivity contribution in [1.29, 1.82) is 0 Å². The van der Waals surface area contributed by atoms with Gasteiger partial charge >= 0.3 is 0 Å². The first kappa shape index (κ1) is 20.0. The van der Waals surface area contributed by atoms with E-state index in [0.29, 0.717) is 17.9 Å². The molecule has 10 heteroatoms. The lowest BCUT2D eigenvalue weighted by molar-refractivity contribution is 0.0958. The Morgan fingerprint density at radius 1 is 1.30 bits per heavy atom. The first-order valence-electron chi connectivity index (χ1n) is 9.22. The van der Waals surface area contributed by atoms with Gasteiger partial charge in [-0.1, -0.05) is 11.3 Å². The molecule has 1 aromatic carbocycles. The number of hydrogen-bond acceptors (Lipinski definition) is 8. The number of rotatable bonds is 7. The van der Waals surface area contributed by atoms with Crippen molar-refractivity contribution in [3.05, 3.63) is 60.4 Å². The second-order valence-electron chi connectivity index (χ2n) is 6.60. The van der Waals surface area contributed by atoms with Crippen molar-refractivity contribution in [3.8, 4) is 16.6 Å². The average Bonchev–Trinajstić information content (AvgIpc) is 3.39. The SMILES string of the molecule is CNC(=O)c1cc(Oc2ccc3nc(-n4cnc(C[C@@H](N)CO)c4)sc3c2)ccn1. The van der Waals surface area contributed by atoms with Crippen molar-refractivity contribution >= 4 is 27.5 Å². The Morgan fingerprint density at radius 2 is 2.13 bits per heavy atom. The minimum Gasteiger partial charge on any atom is -0.457 e. The first-order chi connectivity index (χ1) is 14.6. The lowest BCUT2D eigenvalue weighted by Gasteiger charge is -2.06. The highest BCUT2D eigenvalue weighted by Crippen LogP contribution is 2.30. The minimum absolute atomic E-state index is 0.0845. The van der Waals surface area contributed by atoms with Crippen LogP contribution in [0, 0.1) is 0 Å². The molecule has 0 unspecified atom stereocenters. The number of ether oxygens (including phenoxy) is 1. The summed E-state index contributed by atoms with van der Waals surface area (Å²) in [5, 5.41) is 12.4. The number of carbonyl (C=O) groups excluding carboxylic acids is 1. The Morgan fingerprint density at radius 3 is 2.93 bits per heavy atom. The minimum atomic E-state index is -0.333. The van der Waals surface area contributed by atoms with Gasteiger partial charge in [0.15, 0.2) is 5.13 Å². The normalized spacial score (nSPS) is 12.1. The molecule has 0 radical (unpaired) electrons. The number of amides is 1. The van der Waals surface area contributed by atoms with Crippen LogP contribution in [0.15, 0.2) is 49.1 Å². The molecule has 0 aliphatic rings. The number of aromatic nitrogens is 4. The molecule has 0 saturated carbocycles. The van der Waals surface area contributed by atoms with E-state index in [9.17, 15) is 4.79 Å². The van der Waals surface area contributed by atoms with Crippen molar-refractivity contribution < 1.29 is 14.6 Å². The van der Waals surface area contributed by atoms with E-state index in [1.165, 1.54) is 17.5 Å². The fourth-order valence-electron chi connectivity index (χ4n) is 2.84. The van der Waals surface area contributed by atoms with E-state index in [4.69, 9.17) is 15.6 Å². The number of pyridine rings is 1. The van der Waals surface area contributed by atoms with E-state index in [0.717, 1.165) is 21.0 Å². The molecule has 4 rings (SSSR count). The molecule has 0 aliphatic heterocycles. The van der Waals surface area contributed by atoms with Gasteiger partial charge in [0.25, 0.3) is 5.91 Å². The van der Waals surface area contributed by atoms with Crippen LogP contribution in [0.1, 0.15) is 16.2 Å². The van der Waals surface area contributed by atoms with Crippen LogP contribution in [0.4, 0.5) is 0 Å². The summed E-state index contributed by atoms with van der Waals surface area (Å²) in [7, 11) is 1.55. The van der Waals surface area contributed by atoms with Crippen LogP contribution >= 0.6 is 11.3 Å². The van der Waals surface area contributed by atoms with Crippen LogP contribution in [-0.4, -0.2) is 50.2 Å². The monoisotopic (exact) mass is 424 g/mol. The molecule has 0 spiro atoms. The molecule has 30 heavy (non-hydrogen) atoms. The van der Waals surface area contributed by atoms with Gasteiger partial charge < -0.3 is 20.9 Å². The number of nitrogens with two attached hydrogens (primary N) is 1. The molecule has 9 nitrogen and oxygen atoms in total. The molecule has 4 aromatic rings. The van der Waals surface area contributed by atoms with E-state index >= 15 is 0 Å². The number of benzene rings is 1. The molecule has 0 fully saturated rings. The van der Waals surface area contributed by atoms with Crippen molar-refractivity contribution in [1.82, 2.24) is 24.8 Å².